The molecule has 0 radical (unpaired) electrons. The molecule has 5 rings (SSSR count). The summed E-state index contributed by atoms with van der Waals surface area (Å²) < 4.78 is 13.3. The van der Waals surface area contributed by atoms with Crippen LogP contribution in [-0.4, -0.2) is 39.9 Å². The van der Waals surface area contributed by atoms with Crippen LogP contribution in [0.15, 0.2) is 102 Å². The lowest BCUT2D eigenvalue weighted by atomic mass is 9.91. The van der Waals surface area contributed by atoms with Crippen molar-refractivity contribution in [2.75, 3.05) is 11.1 Å². The second kappa shape index (κ2) is 17.3. The molecule has 1 aliphatic heterocycles. The monoisotopic (exact) mass is 682 g/mol. The number of thioether (sulfide) groups is 1. The number of carbonyl (C=O) groups excluding carboxylic acids is 2. The van der Waals surface area contributed by atoms with Crippen LogP contribution in [0.1, 0.15) is 67.8 Å². The lowest BCUT2D eigenvalue weighted by molar-refractivity contribution is -0.268. The van der Waals surface area contributed by atoms with Crippen LogP contribution >= 0.6 is 11.8 Å². The molecule has 0 unspecified atom stereocenters. The number of nitrogens with one attached hydrogen (secondary N) is 2. The Labute approximate surface area is 291 Å². The third kappa shape index (κ3) is 10.0. The fourth-order valence-electron chi connectivity index (χ4n) is 5.78. The van der Waals surface area contributed by atoms with Crippen molar-refractivity contribution in [1.29, 1.82) is 0 Å². The molecule has 0 bridgehead atoms. The molecule has 9 nitrogen and oxygen atoms in total. The Kier molecular flexibility index (Phi) is 12.6. The Balaban J connectivity index is 1.31. The number of aliphatic hydroxyl groups is 1. The molecule has 4 aromatic rings. The first-order valence-electron chi connectivity index (χ1n) is 16.4. The van der Waals surface area contributed by atoms with E-state index >= 15 is 0 Å². The number of carbonyl (C=O) groups is 3. The largest absolute Gasteiger partial charge is 0.481 e. The van der Waals surface area contributed by atoms with Gasteiger partial charge in [-0.2, -0.15) is 0 Å². The van der Waals surface area contributed by atoms with E-state index in [0.717, 1.165) is 44.0 Å². The minimum Gasteiger partial charge on any atom is -0.481 e. The van der Waals surface area contributed by atoms with Crippen molar-refractivity contribution in [3.05, 3.63) is 119 Å². The first-order chi connectivity index (χ1) is 23.7. The summed E-state index contributed by atoms with van der Waals surface area (Å²) >= 11 is 1.69. The number of anilines is 1. The summed E-state index contributed by atoms with van der Waals surface area (Å²) in [7, 11) is 0. The highest BCUT2D eigenvalue weighted by atomic mass is 32.2. The highest BCUT2D eigenvalue weighted by Crippen LogP contribution is 2.43. The molecule has 256 valence electrons. The molecule has 1 aliphatic rings. The van der Waals surface area contributed by atoms with Gasteiger partial charge in [0.1, 0.15) is 0 Å². The summed E-state index contributed by atoms with van der Waals surface area (Å²) in [6.45, 7) is 3.93. The molecule has 1 fully saturated rings. The van der Waals surface area contributed by atoms with Gasteiger partial charge in [0.05, 0.1) is 18.8 Å². The molecule has 0 aliphatic carbocycles. The molecule has 49 heavy (non-hydrogen) atoms. The quantitative estimate of drug-likeness (QED) is 0.102. The molecule has 2 amide bonds. The van der Waals surface area contributed by atoms with Gasteiger partial charge in [-0.15, -0.1) is 11.8 Å². The lowest BCUT2D eigenvalue weighted by Gasteiger charge is -2.41. The zero-order chi connectivity index (χ0) is 34.8. The molecule has 0 aromatic heterocycles. The lowest BCUT2D eigenvalue weighted by Crippen LogP contribution is -2.38. The van der Waals surface area contributed by atoms with Crippen molar-refractivity contribution in [2.24, 2.45) is 5.92 Å². The van der Waals surface area contributed by atoms with Gasteiger partial charge in [0.15, 0.2) is 6.29 Å². The van der Waals surface area contributed by atoms with E-state index in [-0.39, 0.29) is 49.4 Å². The second-order valence-corrected chi connectivity index (χ2v) is 13.2. The van der Waals surface area contributed by atoms with E-state index in [1.807, 2.05) is 97.1 Å². The number of aliphatic carboxylic acids is 1. The van der Waals surface area contributed by atoms with Gasteiger partial charge >= 0.3 is 5.97 Å². The maximum absolute atomic E-state index is 12.3. The summed E-state index contributed by atoms with van der Waals surface area (Å²) in [5, 5.41) is 24.1. The van der Waals surface area contributed by atoms with Gasteiger partial charge in [0.25, 0.3) is 0 Å². The number of hydrogen-bond acceptors (Lipinski definition) is 7. The number of aliphatic hydroxyl groups excluding tert-OH is 1. The number of ether oxygens (including phenoxy) is 2. The second-order valence-electron chi connectivity index (χ2n) is 12.1. The first kappa shape index (κ1) is 35.8. The topological polar surface area (TPSA) is 134 Å². The van der Waals surface area contributed by atoms with E-state index in [4.69, 9.17) is 14.6 Å². The van der Waals surface area contributed by atoms with Crippen LogP contribution in [0.4, 0.5) is 5.69 Å². The standard InChI is InChI=1S/C39H42N2O7S/c1-25-35(24-49-33-20-18-32(19-21-33)41-26(2)43)47-39(48-38(25)29-12-10-27(23-42)11-13-29)30-16-14-28(15-17-30)34-7-4-3-6-31(34)22-40-36(44)8-5-9-37(45)46/h3-4,6-7,10-21,25,35,38-39,42H,5,8-9,22-24H2,1-2H3,(H,40,44)(H,41,43)(H,45,46)/t25-,35+,38+,39+/m0/s1. The molecule has 1 saturated heterocycles. The number of amides is 2. The molecule has 4 aromatic carbocycles. The van der Waals surface area contributed by atoms with Crippen molar-refractivity contribution in [3.8, 4) is 11.1 Å². The maximum atomic E-state index is 12.3. The van der Waals surface area contributed by atoms with Crippen molar-refractivity contribution in [3.63, 3.8) is 0 Å². The smallest absolute Gasteiger partial charge is 0.303 e. The third-order valence-electron chi connectivity index (χ3n) is 8.49. The molecule has 4 N–H and O–H groups in total. The van der Waals surface area contributed by atoms with E-state index in [1.165, 1.54) is 6.92 Å². The van der Waals surface area contributed by atoms with Crippen molar-refractivity contribution in [1.82, 2.24) is 5.32 Å². The van der Waals surface area contributed by atoms with Crippen LogP contribution in [0.2, 0.25) is 0 Å². The zero-order valence-corrected chi connectivity index (χ0v) is 28.5. The predicted octanol–water partition coefficient (Wildman–Crippen LogP) is 7.26. The van der Waals surface area contributed by atoms with Gasteiger partial charge in [-0.05, 0) is 58.5 Å². The van der Waals surface area contributed by atoms with Crippen molar-refractivity contribution >= 4 is 35.2 Å². The van der Waals surface area contributed by atoms with Crippen molar-refractivity contribution in [2.45, 2.75) is 69.7 Å². The van der Waals surface area contributed by atoms with E-state index in [0.29, 0.717) is 18.7 Å². The Morgan fingerprint density at radius 1 is 0.837 bits per heavy atom. The molecule has 0 spiro atoms. The number of carboxylic acids is 1. The van der Waals surface area contributed by atoms with E-state index in [9.17, 15) is 19.5 Å². The number of rotatable bonds is 14. The van der Waals surface area contributed by atoms with Gasteiger partial charge in [-0.25, -0.2) is 0 Å². The molecular weight excluding hydrogens is 641 g/mol. The van der Waals surface area contributed by atoms with Gasteiger partial charge in [0.2, 0.25) is 11.8 Å². The Bertz CT molecular complexity index is 1710. The summed E-state index contributed by atoms with van der Waals surface area (Å²) in [5.74, 6) is -0.468. The summed E-state index contributed by atoms with van der Waals surface area (Å²) in [5.41, 5.74) is 6.41. The maximum Gasteiger partial charge on any atom is 0.303 e. The van der Waals surface area contributed by atoms with Crippen molar-refractivity contribution < 1.29 is 34.1 Å². The molecule has 4 atom stereocenters. The molecule has 10 heteroatoms. The Hall–Kier alpha value is -4.48. The van der Waals surface area contributed by atoms with E-state index < -0.39 is 12.3 Å². The van der Waals surface area contributed by atoms with Gasteiger partial charge in [-0.1, -0.05) is 79.7 Å². The highest BCUT2D eigenvalue weighted by molar-refractivity contribution is 7.99. The van der Waals surface area contributed by atoms with Gasteiger partial charge < -0.3 is 30.3 Å². The highest BCUT2D eigenvalue weighted by Gasteiger charge is 2.38. The van der Waals surface area contributed by atoms with Crippen LogP contribution in [0.3, 0.4) is 0 Å². The fraction of sp³-hybridized carbons (Fsp3) is 0.308. The summed E-state index contributed by atoms with van der Waals surface area (Å²) in [4.78, 5) is 35.5. The van der Waals surface area contributed by atoms with Gasteiger partial charge in [0, 0.05) is 54.1 Å². The van der Waals surface area contributed by atoms with Crippen LogP contribution < -0.4 is 10.6 Å². The average molecular weight is 683 g/mol. The van der Waals surface area contributed by atoms with E-state index in [2.05, 4.69) is 17.6 Å². The number of hydrogen-bond donors (Lipinski definition) is 4. The van der Waals surface area contributed by atoms with Crippen LogP contribution in [0.25, 0.3) is 11.1 Å². The predicted molar refractivity (Wildman–Crippen MR) is 190 cm³/mol. The normalized spacial score (nSPS) is 18.8. The SMILES string of the molecule is CC(=O)Nc1ccc(SC[C@H]2O[C@@H](c3ccc(-c4ccccc4CNC(=O)CCCC(=O)O)cc3)O[C@@H](c3ccc(CO)cc3)[C@H]2C)cc1. The minimum atomic E-state index is -0.909. The van der Waals surface area contributed by atoms with Crippen LogP contribution in [0, 0.1) is 5.92 Å². The zero-order valence-electron chi connectivity index (χ0n) is 27.6. The minimum absolute atomic E-state index is 0.0261. The number of benzene rings is 4. The Morgan fingerprint density at radius 2 is 1.53 bits per heavy atom. The van der Waals surface area contributed by atoms with Crippen LogP contribution in [-0.2, 0) is 37.0 Å². The first-order valence-corrected chi connectivity index (χ1v) is 17.4. The third-order valence-corrected chi connectivity index (χ3v) is 9.59. The molecular formula is C39H42N2O7S. The fourth-order valence-corrected chi connectivity index (χ4v) is 6.85. The van der Waals surface area contributed by atoms with Crippen LogP contribution in [0.5, 0.6) is 0 Å². The number of carboxylic acid groups (broad SMARTS) is 1. The summed E-state index contributed by atoms with van der Waals surface area (Å²) in [6.07, 6.45) is -0.550. The summed E-state index contributed by atoms with van der Waals surface area (Å²) in [6, 6.07) is 31.5. The van der Waals surface area contributed by atoms with Gasteiger partial charge in [-0.3, -0.25) is 14.4 Å². The van der Waals surface area contributed by atoms with E-state index in [1.54, 1.807) is 11.8 Å². The molecule has 1 heterocycles. The molecule has 0 saturated carbocycles. The Morgan fingerprint density at radius 3 is 2.20 bits per heavy atom. The average Bonchev–Trinajstić information content (AvgIpc) is 3.11.